The van der Waals surface area contributed by atoms with Gasteiger partial charge in [0.15, 0.2) is 0 Å². The summed E-state index contributed by atoms with van der Waals surface area (Å²) in [7, 11) is 0. The Labute approximate surface area is 206 Å². The number of allylic oxidation sites excluding steroid dienone is 2. The van der Waals surface area contributed by atoms with E-state index in [0.717, 1.165) is 58.7 Å². The lowest BCUT2D eigenvalue weighted by molar-refractivity contribution is 0.481. The number of hydrogen-bond donors (Lipinski definition) is 0. The normalized spacial score (nSPS) is 11.9. The molecule has 0 heterocycles. The van der Waals surface area contributed by atoms with Gasteiger partial charge in [-0.2, -0.15) is 0 Å². The Morgan fingerprint density at radius 3 is 1.38 bits per heavy atom. The zero-order valence-corrected chi connectivity index (χ0v) is 21.7. The molecular weight excluding hydrogens is 416 g/mol. The molecule has 0 spiro atoms. The van der Waals surface area contributed by atoms with Crippen molar-refractivity contribution in [3.8, 4) is 11.5 Å². The van der Waals surface area contributed by atoms with Crippen molar-refractivity contribution in [1.29, 1.82) is 0 Å². The average Bonchev–Trinajstić information content (AvgIpc) is 2.87. The van der Waals surface area contributed by atoms with Gasteiger partial charge in [-0.3, -0.25) is 0 Å². The molecule has 0 aliphatic carbocycles. The molecule has 3 rings (SSSR count). The molecule has 2 nitrogen and oxygen atoms in total. The maximum Gasteiger partial charge on any atom is 0.142 e. The van der Waals surface area contributed by atoms with Gasteiger partial charge in [0.05, 0.1) is 12.5 Å². The molecule has 0 amide bonds. The summed E-state index contributed by atoms with van der Waals surface area (Å²) in [5.74, 6) is 1.85. The highest BCUT2D eigenvalue weighted by Gasteiger charge is 2.16. The molecule has 0 N–H and O–H groups in total. The van der Waals surface area contributed by atoms with Crippen molar-refractivity contribution in [2.24, 2.45) is 0 Å². The van der Waals surface area contributed by atoms with Crippen LogP contribution in [0.25, 0.3) is 21.5 Å². The maximum absolute atomic E-state index is 6.36. The van der Waals surface area contributed by atoms with Gasteiger partial charge in [0.1, 0.15) is 11.5 Å². The molecule has 0 aliphatic heterocycles. The van der Waals surface area contributed by atoms with Crippen LogP contribution >= 0.6 is 0 Å². The third kappa shape index (κ3) is 6.65. The van der Waals surface area contributed by atoms with Gasteiger partial charge in [-0.05, 0) is 73.9 Å². The van der Waals surface area contributed by atoms with E-state index in [1.165, 1.54) is 49.7 Å². The largest absolute Gasteiger partial charge is 0.464 e. The zero-order valence-electron chi connectivity index (χ0n) is 21.7. The van der Waals surface area contributed by atoms with E-state index in [0.29, 0.717) is 0 Å². The number of rotatable bonds is 14. The first kappa shape index (κ1) is 25.9. The van der Waals surface area contributed by atoms with Crippen molar-refractivity contribution in [2.45, 2.75) is 91.9 Å². The minimum atomic E-state index is 0.925. The van der Waals surface area contributed by atoms with Crippen molar-refractivity contribution < 1.29 is 9.47 Å². The van der Waals surface area contributed by atoms with E-state index in [1.807, 2.05) is 12.5 Å². The summed E-state index contributed by atoms with van der Waals surface area (Å²) >= 11 is 0. The smallest absolute Gasteiger partial charge is 0.142 e. The van der Waals surface area contributed by atoms with Gasteiger partial charge in [0.25, 0.3) is 0 Å². The second-order valence-corrected chi connectivity index (χ2v) is 9.10. The van der Waals surface area contributed by atoms with Crippen LogP contribution in [0.4, 0.5) is 0 Å². The number of benzene rings is 3. The summed E-state index contributed by atoms with van der Waals surface area (Å²) in [4.78, 5) is 0. The monoisotopic (exact) mass is 458 g/mol. The van der Waals surface area contributed by atoms with E-state index < -0.39 is 0 Å². The molecule has 2 heteroatoms. The summed E-state index contributed by atoms with van der Waals surface area (Å²) in [6.45, 7) is 8.86. The molecule has 0 unspecified atom stereocenters. The second-order valence-electron chi connectivity index (χ2n) is 9.10. The van der Waals surface area contributed by atoms with Gasteiger partial charge in [0.2, 0.25) is 0 Å². The minimum Gasteiger partial charge on any atom is -0.464 e. The summed E-state index contributed by atoms with van der Waals surface area (Å²) in [5.41, 5.74) is 2.60. The van der Waals surface area contributed by atoms with Crippen molar-refractivity contribution >= 4 is 21.5 Å². The van der Waals surface area contributed by atoms with Crippen LogP contribution in [-0.4, -0.2) is 0 Å². The van der Waals surface area contributed by atoms with Crippen LogP contribution in [0.1, 0.15) is 90.2 Å². The number of hydrogen-bond acceptors (Lipinski definition) is 2. The Morgan fingerprint density at radius 1 is 0.559 bits per heavy atom. The van der Waals surface area contributed by atoms with E-state index in [-0.39, 0.29) is 0 Å². The second kappa shape index (κ2) is 13.8. The molecule has 0 aromatic heterocycles. The first-order valence-electron chi connectivity index (χ1n) is 13.4. The van der Waals surface area contributed by atoms with Crippen LogP contribution in [0.2, 0.25) is 0 Å². The molecule has 0 aliphatic rings. The zero-order chi connectivity index (χ0) is 24.2. The van der Waals surface area contributed by atoms with Crippen LogP contribution in [-0.2, 0) is 12.8 Å². The Bertz CT molecular complexity index is 1020. The van der Waals surface area contributed by atoms with Crippen LogP contribution < -0.4 is 9.47 Å². The molecule has 0 radical (unpaired) electrons. The molecule has 0 bridgehead atoms. The number of ether oxygens (including phenoxy) is 2. The average molecular weight is 459 g/mol. The quantitative estimate of drug-likeness (QED) is 0.136. The van der Waals surface area contributed by atoms with Gasteiger partial charge in [0, 0.05) is 21.5 Å². The maximum atomic E-state index is 6.36. The van der Waals surface area contributed by atoms with Crippen LogP contribution in [0, 0.1) is 0 Å². The molecule has 182 valence electrons. The Morgan fingerprint density at radius 2 is 1.00 bits per heavy atom. The van der Waals surface area contributed by atoms with E-state index >= 15 is 0 Å². The fourth-order valence-corrected chi connectivity index (χ4v) is 4.33. The third-order valence-corrected chi connectivity index (χ3v) is 6.48. The van der Waals surface area contributed by atoms with E-state index in [4.69, 9.17) is 9.47 Å². The SMILES string of the molecule is CCCCC/C=C/Oc1c2ccc(CC)cc2c(O/C=C/CCCCC)c2ccc(CC)cc12. The van der Waals surface area contributed by atoms with Crippen LogP contribution in [0.3, 0.4) is 0 Å². The molecule has 0 atom stereocenters. The molecule has 3 aromatic rings. The Hall–Kier alpha value is -2.74. The van der Waals surface area contributed by atoms with Gasteiger partial charge < -0.3 is 9.47 Å². The highest BCUT2D eigenvalue weighted by Crippen LogP contribution is 2.44. The highest BCUT2D eigenvalue weighted by atomic mass is 16.5. The molecule has 0 saturated heterocycles. The lowest BCUT2D eigenvalue weighted by Crippen LogP contribution is -1.95. The summed E-state index contributed by atoms with van der Waals surface area (Å²) < 4.78 is 12.7. The van der Waals surface area contributed by atoms with Crippen molar-refractivity contribution in [2.75, 3.05) is 0 Å². The van der Waals surface area contributed by atoms with Gasteiger partial charge in [-0.1, -0.05) is 77.6 Å². The summed E-state index contributed by atoms with van der Waals surface area (Å²) in [6, 6.07) is 13.3. The number of fused-ring (bicyclic) bond motifs is 2. The van der Waals surface area contributed by atoms with Gasteiger partial charge in [-0.25, -0.2) is 0 Å². The molecule has 0 fully saturated rings. The molecule has 3 aromatic carbocycles. The minimum absolute atomic E-state index is 0.925. The van der Waals surface area contributed by atoms with Gasteiger partial charge >= 0.3 is 0 Å². The Kier molecular flexibility index (Phi) is 10.5. The topological polar surface area (TPSA) is 18.5 Å². The third-order valence-electron chi connectivity index (χ3n) is 6.48. The number of unbranched alkanes of at least 4 members (excludes halogenated alkanes) is 6. The summed E-state index contributed by atoms with van der Waals surface area (Å²) in [5, 5.41) is 4.43. The fourth-order valence-electron chi connectivity index (χ4n) is 4.33. The van der Waals surface area contributed by atoms with Crippen molar-refractivity contribution in [1.82, 2.24) is 0 Å². The van der Waals surface area contributed by atoms with Crippen molar-refractivity contribution in [3.05, 3.63) is 72.2 Å². The molecule has 34 heavy (non-hydrogen) atoms. The predicted molar refractivity (Wildman–Crippen MR) is 148 cm³/mol. The predicted octanol–water partition coefficient (Wildman–Crippen LogP) is 10.1. The highest BCUT2D eigenvalue weighted by molar-refractivity contribution is 6.11. The number of aryl methyl sites for hydroxylation is 2. The first-order chi connectivity index (χ1) is 16.7. The standard InChI is InChI=1S/C32H42O2/c1-5-9-11-13-15-21-33-31-27-19-17-26(8-4)24-30(27)32(34-22-16-14-12-10-6-2)28-20-18-25(7-3)23-29(28)31/h15-24H,5-14H2,1-4H3/b21-15+,22-16+. The molecule has 0 saturated carbocycles. The Balaban J connectivity index is 2.08. The van der Waals surface area contributed by atoms with Crippen LogP contribution in [0.15, 0.2) is 61.1 Å². The van der Waals surface area contributed by atoms with E-state index in [1.54, 1.807) is 0 Å². The lowest BCUT2D eigenvalue weighted by atomic mass is 9.96. The van der Waals surface area contributed by atoms with Gasteiger partial charge in [-0.15, -0.1) is 0 Å². The molecular formula is C32H42O2. The van der Waals surface area contributed by atoms with E-state index in [9.17, 15) is 0 Å². The van der Waals surface area contributed by atoms with E-state index in [2.05, 4.69) is 76.2 Å². The lowest BCUT2D eigenvalue weighted by Gasteiger charge is -2.17. The summed E-state index contributed by atoms with van der Waals surface area (Å²) in [6.07, 6.45) is 19.5. The first-order valence-corrected chi connectivity index (χ1v) is 13.4. The van der Waals surface area contributed by atoms with Crippen molar-refractivity contribution in [3.63, 3.8) is 0 Å². The fraction of sp³-hybridized carbons (Fsp3) is 0.438. The van der Waals surface area contributed by atoms with Crippen LogP contribution in [0.5, 0.6) is 11.5 Å².